The summed E-state index contributed by atoms with van der Waals surface area (Å²) in [5.41, 5.74) is 3.72. The fraction of sp³-hybridized carbons (Fsp3) is 0.214. The molecule has 3 aromatic carbocycles. The monoisotopic (exact) mass is 453 g/mol. The molecule has 0 radical (unpaired) electrons. The van der Waals surface area contributed by atoms with E-state index in [1.165, 1.54) is 10.6 Å². The van der Waals surface area contributed by atoms with Gasteiger partial charge in [-0.15, -0.1) is 0 Å². The van der Waals surface area contributed by atoms with E-state index >= 15 is 0 Å². The molecule has 3 aromatic rings. The van der Waals surface area contributed by atoms with E-state index in [9.17, 15) is 9.59 Å². The maximum absolute atomic E-state index is 13.7. The van der Waals surface area contributed by atoms with Crippen molar-refractivity contribution < 1.29 is 14.3 Å². The van der Waals surface area contributed by atoms with Crippen molar-refractivity contribution in [1.82, 2.24) is 9.80 Å². The molecule has 34 heavy (non-hydrogen) atoms. The maximum atomic E-state index is 13.7. The zero-order valence-corrected chi connectivity index (χ0v) is 19.2. The Morgan fingerprint density at radius 3 is 1.97 bits per heavy atom. The number of methoxy groups -OCH3 is 1. The van der Waals surface area contributed by atoms with Crippen LogP contribution in [0.2, 0.25) is 0 Å². The van der Waals surface area contributed by atoms with Gasteiger partial charge in [0.1, 0.15) is 11.4 Å². The average Bonchev–Trinajstić information content (AvgIpc) is 3.15. The lowest BCUT2D eigenvalue weighted by molar-refractivity contribution is -0.138. The van der Waals surface area contributed by atoms with Gasteiger partial charge in [0.15, 0.2) is 0 Å². The van der Waals surface area contributed by atoms with Crippen molar-refractivity contribution in [2.45, 2.75) is 6.54 Å². The van der Waals surface area contributed by atoms with Gasteiger partial charge in [0, 0.05) is 37.4 Å². The molecule has 1 fully saturated rings. The number of hydrogen-bond acceptors (Lipinski definition) is 5. The molecule has 0 aromatic heterocycles. The van der Waals surface area contributed by atoms with Gasteiger partial charge in [-0.3, -0.25) is 14.5 Å². The van der Waals surface area contributed by atoms with E-state index in [0.29, 0.717) is 30.1 Å². The third-order valence-electron chi connectivity index (χ3n) is 6.44. The van der Waals surface area contributed by atoms with Crippen molar-refractivity contribution in [2.24, 2.45) is 0 Å². The molecule has 5 rings (SSSR count). The molecule has 2 aliphatic rings. The third kappa shape index (κ3) is 4.03. The second-order valence-electron chi connectivity index (χ2n) is 8.41. The lowest BCUT2D eigenvalue weighted by Crippen LogP contribution is -2.47. The molecular formula is C28H27N3O3. The standard InChI is InChI=1S/C28H27N3O3/c1-34-24-15-9-8-12-22(24)20-31-27(32)25(21-10-4-2-5-11-21)26(28(31)33)30-18-16-29(17-19-30)23-13-6-3-7-14-23/h2-15H,16-20H2,1H3. The summed E-state index contributed by atoms with van der Waals surface area (Å²) in [7, 11) is 1.59. The third-order valence-corrected chi connectivity index (χ3v) is 6.44. The van der Waals surface area contributed by atoms with E-state index < -0.39 is 0 Å². The van der Waals surface area contributed by atoms with Crippen LogP contribution in [-0.2, 0) is 16.1 Å². The largest absolute Gasteiger partial charge is 0.496 e. The molecule has 0 unspecified atom stereocenters. The highest BCUT2D eigenvalue weighted by Crippen LogP contribution is 2.34. The summed E-state index contributed by atoms with van der Waals surface area (Å²) in [6, 6.07) is 27.3. The van der Waals surface area contributed by atoms with Gasteiger partial charge in [0.2, 0.25) is 0 Å². The van der Waals surface area contributed by atoms with Crippen LogP contribution in [0.5, 0.6) is 5.75 Å². The maximum Gasteiger partial charge on any atom is 0.278 e. The van der Waals surface area contributed by atoms with Crippen LogP contribution >= 0.6 is 0 Å². The Balaban J connectivity index is 1.45. The Hall–Kier alpha value is -4.06. The fourth-order valence-corrected chi connectivity index (χ4v) is 4.70. The molecule has 2 aliphatic heterocycles. The number of amides is 2. The minimum Gasteiger partial charge on any atom is -0.496 e. The van der Waals surface area contributed by atoms with Crippen LogP contribution in [0.15, 0.2) is 90.6 Å². The van der Waals surface area contributed by atoms with Gasteiger partial charge >= 0.3 is 0 Å². The first-order valence-corrected chi connectivity index (χ1v) is 11.5. The fourth-order valence-electron chi connectivity index (χ4n) is 4.70. The summed E-state index contributed by atoms with van der Waals surface area (Å²) in [5, 5.41) is 0. The van der Waals surface area contributed by atoms with E-state index in [4.69, 9.17) is 4.74 Å². The molecular weight excluding hydrogens is 426 g/mol. The Morgan fingerprint density at radius 2 is 1.29 bits per heavy atom. The normalized spacial score (nSPS) is 16.4. The molecule has 0 saturated carbocycles. The molecule has 2 heterocycles. The second kappa shape index (κ2) is 9.43. The van der Waals surface area contributed by atoms with Crippen LogP contribution in [0.3, 0.4) is 0 Å². The molecule has 2 amide bonds. The number of hydrogen-bond donors (Lipinski definition) is 0. The number of para-hydroxylation sites is 2. The Labute approximate surface area is 199 Å². The number of imide groups is 1. The zero-order valence-electron chi connectivity index (χ0n) is 19.2. The zero-order chi connectivity index (χ0) is 23.5. The molecule has 172 valence electrons. The van der Waals surface area contributed by atoms with Gasteiger partial charge in [0.05, 0.1) is 19.2 Å². The van der Waals surface area contributed by atoms with Crippen LogP contribution in [0, 0.1) is 0 Å². The van der Waals surface area contributed by atoms with Crippen LogP contribution in [-0.4, -0.2) is 54.9 Å². The smallest absolute Gasteiger partial charge is 0.278 e. The van der Waals surface area contributed by atoms with Crippen LogP contribution in [0.1, 0.15) is 11.1 Å². The molecule has 6 heteroatoms. The highest BCUT2D eigenvalue weighted by atomic mass is 16.5. The van der Waals surface area contributed by atoms with E-state index in [2.05, 4.69) is 21.9 Å². The van der Waals surface area contributed by atoms with E-state index in [1.807, 2.05) is 72.8 Å². The highest BCUT2D eigenvalue weighted by molar-refractivity contribution is 6.35. The SMILES string of the molecule is COc1ccccc1CN1C(=O)C(c2ccccc2)=C(N2CCN(c3ccccc3)CC2)C1=O. The molecule has 0 spiro atoms. The van der Waals surface area contributed by atoms with Crippen molar-refractivity contribution in [3.63, 3.8) is 0 Å². The summed E-state index contributed by atoms with van der Waals surface area (Å²) in [4.78, 5) is 33.1. The summed E-state index contributed by atoms with van der Waals surface area (Å²) >= 11 is 0. The van der Waals surface area contributed by atoms with E-state index in [1.54, 1.807) is 7.11 Å². The van der Waals surface area contributed by atoms with Crippen LogP contribution in [0.4, 0.5) is 5.69 Å². The van der Waals surface area contributed by atoms with Crippen LogP contribution < -0.4 is 9.64 Å². The molecule has 0 bridgehead atoms. The number of benzene rings is 3. The number of carbonyl (C=O) groups is 2. The lowest BCUT2D eigenvalue weighted by atomic mass is 10.0. The van der Waals surface area contributed by atoms with E-state index in [-0.39, 0.29) is 18.4 Å². The molecule has 0 atom stereocenters. The van der Waals surface area contributed by atoms with Crippen LogP contribution in [0.25, 0.3) is 5.57 Å². The van der Waals surface area contributed by atoms with Crippen molar-refractivity contribution >= 4 is 23.1 Å². The van der Waals surface area contributed by atoms with Crippen molar-refractivity contribution in [3.05, 3.63) is 102 Å². The molecule has 6 nitrogen and oxygen atoms in total. The molecule has 0 aliphatic carbocycles. The minimum absolute atomic E-state index is 0.172. The predicted molar refractivity (Wildman–Crippen MR) is 132 cm³/mol. The Morgan fingerprint density at radius 1 is 0.706 bits per heavy atom. The van der Waals surface area contributed by atoms with Crippen molar-refractivity contribution in [3.8, 4) is 5.75 Å². The lowest BCUT2D eigenvalue weighted by Gasteiger charge is -2.37. The summed E-state index contributed by atoms with van der Waals surface area (Å²) in [6.45, 7) is 3.07. The summed E-state index contributed by atoms with van der Waals surface area (Å²) < 4.78 is 5.46. The summed E-state index contributed by atoms with van der Waals surface area (Å²) in [6.07, 6.45) is 0. The van der Waals surface area contributed by atoms with Gasteiger partial charge < -0.3 is 14.5 Å². The first-order valence-electron chi connectivity index (χ1n) is 11.5. The minimum atomic E-state index is -0.261. The van der Waals surface area contributed by atoms with Gasteiger partial charge in [-0.25, -0.2) is 0 Å². The van der Waals surface area contributed by atoms with Crippen molar-refractivity contribution in [1.29, 1.82) is 0 Å². The number of carbonyl (C=O) groups excluding carboxylic acids is 2. The van der Waals surface area contributed by atoms with Gasteiger partial charge in [-0.1, -0.05) is 66.7 Å². The number of anilines is 1. The Kier molecular flexibility index (Phi) is 6.04. The first kappa shape index (κ1) is 21.8. The number of ether oxygens (including phenoxy) is 1. The highest BCUT2D eigenvalue weighted by Gasteiger charge is 2.42. The van der Waals surface area contributed by atoms with Gasteiger partial charge in [-0.2, -0.15) is 0 Å². The molecule has 1 saturated heterocycles. The first-order chi connectivity index (χ1) is 16.7. The number of piperazine rings is 1. The predicted octanol–water partition coefficient (Wildman–Crippen LogP) is 3.80. The molecule has 0 N–H and O–H groups in total. The topological polar surface area (TPSA) is 53.1 Å². The quantitative estimate of drug-likeness (QED) is 0.532. The van der Waals surface area contributed by atoms with E-state index in [0.717, 1.165) is 24.2 Å². The summed E-state index contributed by atoms with van der Waals surface area (Å²) in [5.74, 6) is 0.153. The second-order valence-corrected chi connectivity index (χ2v) is 8.41. The number of rotatable bonds is 6. The average molecular weight is 454 g/mol. The van der Waals surface area contributed by atoms with Crippen molar-refractivity contribution in [2.75, 3.05) is 38.2 Å². The van der Waals surface area contributed by atoms with Gasteiger partial charge in [0.25, 0.3) is 11.8 Å². The number of nitrogens with zero attached hydrogens (tertiary/aromatic N) is 3. The Bertz CT molecular complexity index is 1220. The van der Waals surface area contributed by atoms with Gasteiger partial charge in [-0.05, 0) is 23.8 Å².